The van der Waals surface area contributed by atoms with Gasteiger partial charge < -0.3 is 20.7 Å². The summed E-state index contributed by atoms with van der Waals surface area (Å²) in [5, 5.41) is 7.61. The number of aromatic nitrogens is 3. The largest absolute Gasteiger partial charge is 0.581 e. The van der Waals surface area contributed by atoms with Gasteiger partial charge in [0.15, 0.2) is 0 Å². The molecule has 110 valence electrons. The fraction of sp³-hybridized carbons (Fsp3) is 0.0667. The molecule has 0 atom stereocenters. The predicted octanol–water partition coefficient (Wildman–Crippen LogP) is 2.78. The monoisotopic (exact) mass is 371 g/mol. The predicted molar refractivity (Wildman–Crippen MR) is 76.5 cm³/mol. The van der Waals surface area contributed by atoms with Crippen LogP contribution in [0.25, 0.3) is 11.1 Å². The Balaban J connectivity index is 0.00000161. The zero-order valence-electron chi connectivity index (χ0n) is 11.3. The summed E-state index contributed by atoms with van der Waals surface area (Å²) in [6, 6.07) is 9.50. The van der Waals surface area contributed by atoms with Crippen LogP contribution in [0.2, 0.25) is 0 Å². The van der Waals surface area contributed by atoms with Crippen molar-refractivity contribution in [1.82, 2.24) is 15.2 Å². The average Bonchev–Trinajstić information content (AvgIpc) is 2.98. The third-order valence-electron chi connectivity index (χ3n) is 3.00. The van der Waals surface area contributed by atoms with E-state index in [1.165, 1.54) is 0 Å². The number of anilines is 1. The molecule has 0 radical (unpaired) electrons. The number of benzene rings is 1. The smallest absolute Gasteiger partial charge is 0.219 e. The minimum absolute atomic E-state index is 0. The molecule has 0 unspecified atom stereocenters. The zero-order chi connectivity index (χ0) is 13.9. The molecule has 0 aliphatic heterocycles. The van der Waals surface area contributed by atoms with Crippen molar-refractivity contribution in [3.63, 3.8) is 0 Å². The van der Waals surface area contributed by atoms with Crippen molar-refractivity contribution in [2.45, 2.75) is 6.92 Å². The molecule has 0 bridgehead atoms. The molecule has 2 N–H and O–H groups in total. The Hall–Kier alpha value is -2.16. The van der Waals surface area contributed by atoms with Crippen LogP contribution in [0.3, 0.4) is 0 Å². The van der Waals surface area contributed by atoms with Crippen LogP contribution in [0.1, 0.15) is 5.56 Å². The number of ether oxygens (including phenoxy) is 1. The van der Waals surface area contributed by atoms with Crippen LogP contribution in [0.4, 0.5) is 5.69 Å². The molecule has 0 saturated heterocycles. The number of nitrogens with zero attached hydrogens (tertiary/aromatic N) is 3. The van der Waals surface area contributed by atoms with Gasteiger partial charge in [-0.2, -0.15) is 6.20 Å². The molecule has 5 nitrogen and oxygen atoms in total. The summed E-state index contributed by atoms with van der Waals surface area (Å²) in [7, 11) is 0. The molecule has 6 heteroatoms. The number of hydrogen-bond acceptors (Lipinski definition) is 4. The first-order valence-corrected chi connectivity index (χ1v) is 6.16. The molecule has 3 aromatic rings. The molecule has 21 heavy (non-hydrogen) atoms. The Morgan fingerprint density at radius 1 is 1.10 bits per heavy atom. The third-order valence-corrected chi connectivity index (χ3v) is 3.00. The Kier molecular flexibility index (Phi) is 4.74. The van der Waals surface area contributed by atoms with Crippen molar-refractivity contribution in [3.8, 4) is 22.8 Å². The second-order valence-corrected chi connectivity index (χ2v) is 4.45. The van der Waals surface area contributed by atoms with Crippen molar-refractivity contribution < 1.29 is 25.2 Å². The van der Waals surface area contributed by atoms with Crippen molar-refractivity contribution in [2.75, 3.05) is 5.73 Å². The summed E-state index contributed by atoms with van der Waals surface area (Å²) < 4.78 is 5.69. The van der Waals surface area contributed by atoms with E-state index in [1.807, 2.05) is 37.3 Å². The van der Waals surface area contributed by atoms with Crippen LogP contribution in [0, 0.1) is 6.92 Å². The van der Waals surface area contributed by atoms with Gasteiger partial charge in [0.25, 0.3) is 0 Å². The summed E-state index contributed by atoms with van der Waals surface area (Å²) >= 11 is 0. The second-order valence-electron chi connectivity index (χ2n) is 4.45. The van der Waals surface area contributed by atoms with Gasteiger partial charge in [-0.1, -0.05) is 12.1 Å². The maximum absolute atomic E-state index is 5.73. The van der Waals surface area contributed by atoms with Gasteiger partial charge in [0, 0.05) is 32.7 Å². The summed E-state index contributed by atoms with van der Waals surface area (Å²) in [6.45, 7) is 1.92. The SMILES string of the molecule is Cc1cc(Oc2ccc(-c3cn[n-]c3)cc2)ncc1N.[Pd]. The van der Waals surface area contributed by atoms with E-state index in [2.05, 4.69) is 15.2 Å². The Bertz CT molecular complexity index is 711. The van der Waals surface area contributed by atoms with Crippen LogP contribution in [0.15, 0.2) is 48.9 Å². The quantitative estimate of drug-likeness (QED) is 0.717. The maximum atomic E-state index is 5.73. The molecule has 2 aromatic heterocycles. The second kappa shape index (κ2) is 6.53. The molecule has 0 amide bonds. The van der Waals surface area contributed by atoms with E-state index in [9.17, 15) is 0 Å². The first-order chi connectivity index (χ1) is 9.72. The zero-order valence-corrected chi connectivity index (χ0v) is 12.8. The van der Waals surface area contributed by atoms with Gasteiger partial charge in [0.1, 0.15) is 5.75 Å². The van der Waals surface area contributed by atoms with E-state index in [1.54, 1.807) is 18.6 Å². The van der Waals surface area contributed by atoms with Crippen LogP contribution >= 0.6 is 0 Å². The van der Waals surface area contributed by atoms with Gasteiger partial charge in [-0.05, 0) is 35.7 Å². The standard InChI is InChI=1S/C15H13N4O.Pd/c1-10-6-15(17-9-14(10)16)20-13-4-2-11(3-5-13)12-7-18-19-8-12;/h2-9H,16H2,1H3;/q-1;. The summed E-state index contributed by atoms with van der Waals surface area (Å²) in [5.74, 6) is 1.25. The maximum Gasteiger partial charge on any atom is 0.219 e. The van der Waals surface area contributed by atoms with Gasteiger partial charge in [0.05, 0.1) is 11.9 Å². The molecular formula is C15H13N4OPd-. The van der Waals surface area contributed by atoms with E-state index in [4.69, 9.17) is 10.5 Å². The van der Waals surface area contributed by atoms with Crippen LogP contribution < -0.4 is 15.6 Å². The van der Waals surface area contributed by atoms with Crippen LogP contribution in [0.5, 0.6) is 11.6 Å². The van der Waals surface area contributed by atoms with Crippen molar-refractivity contribution in [1.29, 1.82) is 0 Å². The van der Waals surface area contributed by atoms with Gasteiger partial charge in [-0.3, -0.25) is 0 Å². The number of aryl methyl sites for hydroxylation is 1. The molecule has 1 aromatic carbocycles. The van der Waals surface area contributed by atoms with E-state index in [0.29, 0.717) is 11.6 Å². The summed E-state index contributed by atoms with van der Waals surface area (Å²) in [5.41, 5.74) is 9.36. The van der Waals surface area contributed by atoms with Gasteiger partial charge in [-0.25, -0.2) is 4.98 Å². The number of hydrogen-bond donors (Lipinski definition) is 1. The van der Waals surface area contributed by atoms with E-state index < -0.39 is 0 Å². The van der Waals surface area contributed by atoms with Crippen molar-refractivity contribution >= 4 is 5.69 Å². The molecule has 0 spiro atoms. The van der Waals surface area contributed by atoms with E-state index in [-0.39, 0.29) is 20.4 Å². The van der Waals surface area contributed by atoms with Crippen LogP contribution in [-0.4, -0.2) is 10.1 Å². The van der Waals surface area contributed by atoms with Crippen molar-refractivity contribution in [2.24, 2.45) is 0 Å². The minimum atomic E-state index is 0. The van der Waals surface area contributed by atoms with E-state index >= 15 is 0 Å². The Morgan fingerprint density at radius 2 is 1.86 bits per heavy atom. The molecule has 3 rings (SSSR count). The Morgan fingerprint density at radius 3 is 2.48 bits per heavy atom. The fourth-order valence-electron chi connectivity index (χ4n) is 1.81. The number of nitrogens with two attached hydrogens (primary N) is 1. The first kappa shape index (κ1) is 15.2. The van der Waals surface area contributed by atoms with Crippen LogP contribution in [-0.2, 0) is 20.4 Å². The average molecular weight is 372 g/mol. The van der Waals surface area contributed by atoms with Crippen molar-refractivity contribution in [3.05, 3.63) is 54.5 Å². The normalized spacial score (nSPS) is 9.95. The van der Waals surface area contributed by atoms with Gasteiger partial charge >= 0.3 is 0 Å². The molecule has 0 aliphatic carbocycles. The van der Waals surface area contributed by atoms with Gasteiger partial charge in [0.2, 0.25) is 5.88 Å². The van der Waals surface area contributed by atoms with E-state index in [0.717, 1.165) is 22.4 Å². The Labute approximate surface area is 136 Å². The topological polar surface area (TPSA) is 75.1 Å². The number of nitrogen functional groups attached to an aromatic ring is 1. The van der Waals surface area contributed by atoms with Gasteiger partial charge in [-0.15, -0.1) is 0 Å². The third kappa shape index (κ3) is 3.49. The summed E-state index contributed by atoms with van der Waals surface area (Å²) in [6.07, 6.45) is 5.04. The number of rotatable bonds is 3. The summed E-state index contributed by atoms with van der Waals surface area (Å²) in [4.78, 5) is 4.14. The molecule has 0 fully saturated rings. The molecule has 0 aliphatic rings. The number of pyridine rings is 1. The molecule has 0 saturated carbocycles. The molecule has 2 heterocycles. The minimum Gasteiger partial charge on any atom is -0.581 e. The first-order valence-electron chi connectivity index (χ1n) is 6.16. The molecular weight excluding hydrogens is 359 g/mol. The fourth-order valence-corrected chi connectivity index (χ4v) is 1.81.